The summed E-state index contributed by atoms with van der Waals surface area (Å²) >= 11 is 0. The second-order valence-corrected chi connectivity index (χ2v) is 4.32. The van der Waals surface area contributed by atoms with Crippen molar-refractivity contribution in [1.82, 2.24) is 9.97 Å². The zero-order chi connectivity index (χ0) is 14.5. The maximum atomic E-state index is 12.6. The van der Waals surface area contributed by atoms with Crippen LogP contribution in [0.15, 0.2) is 27.8 Å². The number of hydrogen-bond acceptors (Lipinski definition) is 3. The lowest BCUT2D eigenvalue weighted by atomic mass is 10.0. The van der Waals surface area contributed by atoms with Crippen LogP contribution in [0.2, 0.25) is 0 Å². The summed E-state index contributed by atoms with van der Waals surface area (Å²) < 4.78 is 43.0. The third-order valence-corrected chi connectivity index (χ3v) is 2.98. The molecule has 1 aliphatic heterocycles. The first kappa shape index (κ1) is 12.5. The summed E-state index contributed by atoms with van der Waals surface area (Å²) in [7, 11) is 0. The van der Waals surface area contributed by atoms with Gasteiger partial charge >= 0.3 is 11.9 Å². The summed E-state index contributed by atoms with van der Waals surface area (Å²) in [5, 5.41) is 0. The van der Waals surface area contributed by atoms with Crippen LogP contribution in [-0.4, -0.2) is 9.97 Å². The molecule has 104 valence electrons. The van der Waals surface area contributed by atoms with E-state index in [-0.39, 0.29) is 23.6 Å². The largest absolute Gasteiger partial charge is 0.440 e. The van der Waals surface area contributed by atoms with E-state index in [0.717, 1.165) is 12.1 Å². The lowest BCUT2D eigenvalue weighted by molar-refractivity contribution is -0.137. The molecule has 0 atom stereocenters. The van der Waals surface area contributed by atoms with E-state index >= 15 is 0 Å². The Balaban J connectivity index is 2.11. The quantitative estimate of drug-likeness (QED) is 0.660. The van der Waals surface area contributed by atoms with Crippen molar-refractivity contribution in [2.24, 2.45) is 0 Å². The number of nitrogens with one attached hydrogen (secondary N) is 2. The first-order valence-corrected chi connectivity index (χ1v) is 5.58. The van der Waals surface area contributed by atoms with Crippen LogP contribution in [-0.2, 0) is 12.6 Å². The Bertz CT molecular complexity index is 805. The Morgan fingerprint density at radius 2 is 1.90 bits per heavy atom. The molecule has 2 heterocycles. The van der Waals surface area contributed by atoms with Crippen LogP contribution in [0.1, 0.15) is 16.7 Å². The molecule has 2 aromatic rings. The number of alkyl halides is 3. The minimum absolute atomic E-state index is 0.0198. The van der Waals surface area contributed by atoms with Crippen LogP contribution in [0.5, 0.6) is 11.6 Å². The van der Waals surface area contributed by atoms with Crippen molar-refractivity contribution < 1.29 is 17.9 Å². The molecule has 1 aromatic heterocycles. The Morgan fingerprint density at radius 1 is 1.15 bits per heavy atom. The van der Waals surface area contributed by atoms with Crippen LogP contribution < -0.4 is 16.0 Å². The molecule has 1 aromatic carbocycles. The molecule has 0 saturated carbocycles. The smallest absolute Gasteiger partial charge is 0.416 e. The second-order valence-electron chi connectivity index (χ2n) is 4.32. The zero-order valence-corrected chi connectivity index (χ0v) is 9.80. The zero-order valence-electron chi connectivity index (χ0n) is 9.80. The van der Waals surface area contributed by atoms with Crippen molar-refractivity contribution in [3.8, 4) is 11.6 Å². The van der Waals surface area contributed by atoms with E-state index in [1.54, 1.807) is 0 Å². The van der Waals surface area contributed by atoms with Crippen LogP contribution in [0.25, 0.3) is 0 Å². The number of fused-ring (bicyclic) bond motifs is 2. The molecular formula is C12H7F3N2O3. The van der Waals surface area contributed by atoms with Gasteiger partial charge in [-0.2, -0.15) is 13.2 Å². The highest BCUT2D eigenvalue weighted by atomic mass is 19.4. The Kier molecular flexibility index (Phi) is 2.50. The maximum absolute atomic E-state index is 12.6. The van der Waals surface area contributed by atoms with Gasteiger partial charge in [0.25, 0.3) is 5.56 Å². The fourth-order valence-corrected chi connectivity index (χ4v) is 2.01. The fourth-order valence-electron chi connectivity index (χ4n) is 2.01. The molecule has 0 fully saturated rings. The predicted octanol–water partition coefficient (Wildman–Crippen LogP) is 1.78. The summed E-state index contributed by atoms with van der Waals surface area (Å²) in [5.41, 5.74) is -1.62. The molecule has 20 heavy (non-hydrogen) atoms. The van der Waals surface area contributed by atoms with E-state index in [4.69, 9.17) is 4.74 Å². The van der Waals surface area contributed by atoms with Crippen molar-refractivity contribution in [1.29, 1.82) is 0 Å². The molecule has 0 amide bonds. The van der Waals surface area contributed by atoms with Crippen LogP contribution in [0.3, 0.4) is 0 Å². The summed E-state index contributed by atoms with van der Waals surface area (Å²) in [4.78, 5) is 27.0. The van der Waals surface area contributed by atoms with Gasteiger partial charge in [-0.3, -0.25) is 14.8 Å². The van der Waals surface area contributed by atoms with Gasteiger partial charge in [-0.05, 0) is 17.7 Å². The van der Waals surface area contributed by atoms with E-state index in [0.29, 0.717) is 5.56 Å². The average molecular weight is 284 g/mol. The molecule has 0 saturated heterocycles. The Labute approximate surface area is 109 Å². The lowest BCUT2D eigenvalue weighted by Crippen LogP contribution is -2.28. The standard InChI is InChI=1S/C12H7F3N2O3/c13-12(14,15)6-2-1-5-3-7-9(18)16-11(19)17-10(7)20-8(5)4-6/h1-2,4H,3H2,(H2,16,17,18,19). The summed E-state index contributed by atoms with van der Waals surface area (Å²) in [6.45, 7) is 0. The first-order valence-electron chi connectivity index (χ1n) is 5.58. The minimum atomic E-state index is -4.49. The molecule has 8 heteroatoms. The number of rotatable bonds is 0. The molecule has 3 rings (SSSR count). The van der Waals surface area contributed by atoms with Crippen LogP contribution in [0, 0.1) is 0 Å². The molecule has 0 spiro atoms. The fraction of sp³-hybridized carbons (Fsp3) is 0.167. The van der Waals surface area contributed by atoms with Gasteiger partial charge in [0.15, 0.2) is 0 Å². The van der Waals surface area contributed by atoms with Crippen molar-refractivity contribution in [3.63, 3.8) is 0 Å². The van der Waals surface area contributed by atoms with Crippen LogP contribution in [0.4, 0.5) is 13.2 Å². The van der Waals surface area contributed by atoms with Gasteiger partial charge in [-0.25, -0.2) is 4.79 Å². The molecule has 0 radical (unpaired) electrons. The van der Waals surface area contributed by atoms with Crippen molar-refractivity contribution in [2.45, 2.75) is 12.6 Å². The van der Waals surface area contributed by atoms with Gasteiger partial charge in [-0.1, -0.05) is 6.07 Å². The van der Waals surface area contributed by atoms with E-state index in [9.17, 15) is 22.8 Å². The number of aromatic nitrogens is 2. The van der Waals surface area contributed by atoms with E-state index in [1.165, 1.54) is 6.07 Å². The Morgan fingerprint density at radius 3 is 2.60 bits per heavy atom. The number of aromatic amines is 2. The van der Waals surface area contributed by atoms with E-state index in [1.807, 2.05) is 4.98 Å². The molecule has 0 bridgehead atoms. The van der Waals surface area contributed by atoms with E-state index < -0.39 is 23.0 Å². The normalized spacial score (nSPS) is 13.3. The molecule has 0 unspecified atom stereocenters. The average Bonchev–Trinajstić information content (AvgIpc) is 2.35. The highest BCUT2D eigenvalue weighted by Crippen LogP contribution is 2.38. The third-order valence-electron chi connectivity index (χ3n) is 2.98. The molecular weight excluding hydrogens is 277 g/mol. The van der Waals surface area contributed by atoms with Gasteiger partial charge in [0.2, 0.25) is 5.88 Å². The van der Waals surface area contributed by atoms with Gasteiger partial charge in [-0.15, -0.1) is 0 Å². The van der Waals surface area contributed by atoms with Gasteiger partial charge in [0.1, 0.15) is 5.75 Å². The minimum Gasteiger partial charge on any atom is -0.440 e. The van der Waals surface area contributed by atoms with E-state index in [2.05, 4.69) is 4.98 Å². The number of halogens is 3. The van der Waals surface area contributed by atoms with Gasteiger partial charge < -0.3 is 4.74 Å². The second kappa shape index (κ2) is 3.99. The monoisotopic (exact) mass is 284 g/mol. The summed E-state index contributed by atoms with van der Waals surface area (Å²) in [6.07, 6.45) is -4.39. The highest BCUT2D eigenvalue weighted by molar-refractivity contribution is 5.48. The number of benzene rings is 1. The number of ether oxygens (including phenoxy) is 1. The number of hydrogen-bond donors (Lipinski definition) is 2. The Hall–Kier alpha value is -2.51. The molecule has 1 aliphatic rings. The predicted molar refractivity (Wildman–Crippen MR) is 62.0 cm³/mol. The van der Waals surface area contributed by atoms with Crippen molar-refractivity contribution in [2.75, 3.05) is 0 Å². The van der Waals surface area contributed by atoms with Gasteiger partial charge in [0.05, 0.1) is 11.1 Å². The molecule has 5 nitrogen and oxygen atoms in total. The molecule has 0 aliphatic carbocycles. The summed E-state index contributed by atoms with van der Waals surface area (Å²) in [6, 6.07) is 3.02. The maximum Gasteiger partial charge on any atom is 0.416 e. The third kappa shape index (κ3) is 1.98. The van der Waals surface area contributed by atoms with Crippen molar-refractivity contribution >= 4 is 0 Å². The molecule has 2 N–H and O–H groups in total. The topological polar surface area (TPSA) is 75.0 Å². The summed E-state index contributed by atoms with van der Waals surface area (Å²) in [5.74, 6) is -0.140. The van der Waals surface area contributed by atoms with Crippen molar-refractivity contribution in [3.05, 3.63) is 55.7 Å². The first-order chi connectivity index (χ1) is 9.34. The lowest BCUT2D eigenvalue weighted by Gasteiger charge is -2.19. The highest BCUT2D eigenvalue weighted by Gasteiger charge is 2.32. The van der Waals surface area contributed by atoms with Gasteiger partial charge in [0, 0.05) is 6.42 Å². The van der Waals surface area contributed by atoms with Crippen LogP contribution >= 0.6 is 0 Å². The SMILES string of the molecule is O=c1[nH]c2c(c(=O)[nH]1)Cc1ccc(C(F)(F)F)cc1O2. The number of H-pyrrole nitrogens is 2.